The van der Waals surface area contributed by atoms with Crippen molar-refractivity contribution in [2.24, 2.45) is 0 Å². The van der Waals surface area contributed by atoms with Gasteiger partial charge in [-0.15, -0.1) is 11.3 Å². The van der Waals surface area contributed by atoms with Crippen LogP contribution in [0.1, 0.15) is 48.4 Å². The number of aryl methyl sites for hydroxylation is 2. The van der Waals surface area contributed by atoms with E-state index in [2.05, 4.69) is 52.8 Å². The zero-order valence-electron chi connectivity index (χ0n) is 13.2. The fourth-order valence-electron chi connectivity index (χ4n) is 3.38. The standard InChI is InChI=1S/C16H25N3S2/c1-12-10-19-14(13(2)18-15(19)21-12)9-17-11-16(20-3)7-5-4-6-8-16/h10,17H,4-9,11H2,1-3H3. The summed E-state index contributed by atoms with van der Waals surface area (Å²) in [6, 6.07) is 0. The van der Waals surface area contributed by atoms with Gasteiger partial charge in [-0.2, -0.15) is 11.8 Å². The first kappa shape index (κ1) is 15.4. The molecule has 3 rings (SSSR count). The molecule has 1 aliphatic carbocycles. The normalized spacial score (nSPS) is 18.4. The molecule has 0 unspecified atom stereocenters. The van der Waals surface area contributed by atoms with Crippen LogP contribution in [0.15, 0.2) is 6.20 Å². The number of hydrogen-bond acceptors (Lipinski definition) is 4. The molecule has 1 N–H and O–H groups in total. The molecule has 1 saturated carbocycles. The quantitative estimate of drug-likeness (QED) is 0.895. The number of nitrogens with zero attached hydrogens (tertiary/aromatic N) is 2. The molecule has 2 aromatic heterocycles. The molecule has 2 aromatic rings. The number of hydrogen-bond donors (Lipinski definition) is 1. The zero-order valence-corrected chi connectivity index (χ0v) is 14.9. The molecule has 116 valence electrons. The third-order valence-electron chi connectivity index (χ3n) is 4.68. The topological polar surface area (TPSA) is 29.3 Å². The van der Waals surface area contributed by atoms with Gasteiger partial charge in [0.25, 0.3) is 0 Å². The van der Waals surface area contributed by atoms with Crippen molar-refractivity contribution < 1.29 is 0 Å². The predicted octanol–water partition coefficient (Wildman–Crippen LogP) is 4.17. The first-order chi connectivity index (χ1) is 10.1. The van der Waals surface area contributed by atoms with Gasteiger partial charge in [-0.1, -0.05) is 19.3 Å². The second-order valence-corrected chi connectivity index (χ2v) is 8.68. The van der Waals surface area contributed by atoms with Crippen molar-refractivity contribution in [3.63, 3.8) is 0 Å². The van der Waals surface area contributed by atoms with Crippen LogP contribution < -0.4 is 5.32 Å². The van der Waals surface area contributed by atoms with Crippen LogP contribution in [0, 0.1) is 13.8 Å². The highest BCUT2D eigenvalue weighted by molar-refractivity contribution is 8.00. The first-order valence-corrected chi connectivity index (χ1v) is 9.87. The lowest BCUT2D eigenvalue weighted by atomic mass is 9.88. The summed E-state index contributed by atoms with van der Waals surface area (Å²) in [6.07, 6.45) is 11.4. The van der Waals surface area contributed by atoms with Gasteiger partial charge in [0.1, 0.15) is 0 Å². The smallest absolute Gasteiger partial charge is 0.194 e. The highest BCUT2D eigenvalue weighted by atomic mass is 32.2. The average molecular weight is 324 g/mol. The Morgan fingerprint density at radius 1 is 1.33 bits per heavy atom. The van der Waals surface area contributed by atoms with Crippen molar-refractivity contribution in [3.8, 4) is 0 Å². The Balaban J connectivity index is 1.67. The fourth-order valence-corrected chi connectivity index (χ4v) is 5.21. The van der Waals surface area contributed by atoms with Gasteiger partial charge in [0, 0.05) is 28.9 Å². The molecule has 21 heavy (non-hydrogen) atoms. The second kappa shape index (κ2) is 6.31. The Morgan fingerprint density at radius 3 is 2.81 bits per heavy atom. The Hall–Kier alpha value is -0.520. The van der Waals surface area contributed by atoms with Crippen LogP contribution in [0.25, 0.3) is 4.96 Å². The minimum absolute atomic E-state index is 0.459. The van der Waals surface area contributed by atoms with Crippen LogP contribution in [0.2, 0.25) is 0 Å². The van der Waals surface area contributed by atoms with E-state index in [1.54, 1.807) is 11.3 Å². The molecule has 0 radical (unpaired) electrons. The third-order valence-corrected chi connectivity index (χ3v) is 7.00. The molecule has 0 saturated heterocycles. The first-order valence-electron chi connectivity index (χ1n) is 7.83. The lowest BCUT2D eigenvalue weighted by molar-refractivity contribution is 0.378. The molecule has 5 heteroatoms. The molecule has 2 heterocycles. The van der Waals surface area contributed by atoms with E-state index in [4.69, 9.17) is 0 Å². The molecular formula is C16H25N3S2. The van der Waals surface area contributed by atoms with Crippen molar-refractivity contribution in [2.45, 2.75) is 57.2 Å². The van der Waals surface area contributed by atoms with Crippen molar-refractivity contribution in [1.29, 1.82) is 0 Å². The van der Waals surface area contributed by atoms with Gasteiger partial charge in [-0.05, 0) is 32.9 Å². The van der Waals surface area contributed by atoms with Gasteiger partial charge in [0.05, 0.1) is 11.4 Å². The van der Waals surface area contributed by atoms with Crippen LogP contribution in [-0.4, -0.2) is 26.9 Å². The van der Waals surface area contributed by atoms with E-state index in [9.17, 15) is 0 Å². The third kappa shape index (κ3) is 3.15. The minimum atomic E-state index is 0.459. The zero-order chi connectivity index (χ0) is 14.9. The molecule has 0 spiro atoms. The second-order valence-electron chi connectivity index (χ2n) is 6.19. The molecule has 1 fully saturated rings. The highest BCUT2D eigenvalue weighted by Gasteiger charge is 2.30. The molecular weight excluding hydrogens is 298 g/mol. The lowest BCUT2D eigenvalue weighted by Crippen LogP contribution is -2.39. The average Bonchev–Trinajstić information content (AvgIpc) is 2.97. The molecule has 0 amide bonds. The van der Waals surface area contributed by atoms with Gasteiger partial charge in [-0.25, -0.2) is 4.98 Å². The van der Waals surface area contributed by atoms with E-state index in [0.717, 1.165) is 23.7 Å². The van der Waals surface area contributed by atoms with E-state index in [0.29, 0.717) is 4.75 Å². The van der Waals surface area contributed by atoms with Crippen molar-refractivity contribution in [1.82, 2.24) is 14.7 Å². The Morgan fingerprint density at radius 2 is 2.10 bits per heavy atom. The van der Waals surface area contributed by atoms with Crippen molar-refractivity contribution in [2.75, 3.05) is 12.8 Å². The number of nitrogens with one attached hydrogen (secondary N) is 1. The minimum Gasteiger partial charge on any atom is -0.310 e. The lowest BCUT2D eigenvalue weighted by Gasteiger charge is -2.36. The number of thioether (sulfide) groups is 1. The van der Waals surface area contributed by atoms with Gasteiger partial charge >= 0.3 is 0 Å². The largest absolute Gasteiger partial charge is 0.310 e. The number of rotatable bonds is 5. The summed E-state index contributed by atoms with van der Waals surface area (Å²) in [6.45, 7) is 6.31. The van der Waals surface area contributed by atoms with E-state index in [1.807, 2.05) is 0 Å². The van der Waals surface area contributed by atoms with E-state index in [-0.39, 0.29) is 0 Å². The molecule has 0 bridgehead atoms. The summed E-state index contributed by atoms with van der Waals surface area (Å²) < 4.78 is 2.72. The summed E-state index contributed by atoms with van der Waals surface area (Å²) >= 11 is 3.83. The summed E-state index contributed by atoms with van der Waals surface area (Å²) in [5.74, 6) is 0. The van der Waals surface area contributed by atoms with E-state index in [1.165, 1.54) is 42.7 Å². The van der Waals surface area contributed by atoms with Gasteiger partial charge < -0.3 is 5.32 Å². The van der Waals surface area contributed by atoms with Crippen LogP contribution in [0.5, 0.6) is 0 Å². The van der Waals surface area contributed by atoms with Gasteiger partial charge in [0.2, 0.25) is 0 Å². The predicted molar refractivity (Wildman–Crippen MR) is 93.6 cm³/mol. The molecule has 1 aliphatic rings. The summed E-state index contributed by atoms with van der Waals surface area (Å²) in [4.78, 5) is 7.12. The maximum absolute atomic E-state index is 4.67. The van der Waals surface area contributed by atoms with Crippen LogP contribution in [0.3, 0.4) is 0 Å². The van der Waals surface area contributed by atoms with Gasteiger partial charge in [-0.3, -0.25) is 4.40 Å². The maximum Gasteiger partial charge on any atom is 0.194 e. The Kier molecular flexibility index (Phi) is 4.62. The van der Waals surface area contributed by atoms with E-state index < -0.39 is 0 Å². The maximum atomic E-state index is 4.67. The van der Waals surface area contributed by atoms with E-state index >= 15 is 0 Å². The monoisotopic (exact) mass is 323 g/mol. The number of fused-ring (bicyclic) bond motifs is 1. The van der Waals surface area contributed by atoms with Crippen LogP contribution >= 0.6 is 23.1 Å². The fraction of sp³-hybridized carbons (Fsp3) is 0.688. The molecule has 3 nitrogen and oxygen atoms in total. The molecule has 0 aromatic carbocycles. The summed E-state index contributed by atoms with van der Waals surface area (Å²) in [5, 5.41) is 3.71. The summed E-state index contributed by atoms with van der Waals surface area (Å²) in [7, 11) is 0. The summed E-state index contributed by atoms with van der Waals surface area (Å²) in [5.41, 5.74) is 2.48. The SMILES string of the molecule is CSC1(CNCc2c(C)nc3sc(C)cn23)CCCCC1. The number of thiazole rings is 1. The van der Waals surface area contributed by atoms with Crippen molar-refractivity contribution >= 4 is 28.1 Å². The van der Waals surface area contributed by atoms with Gasteiger partial charge in [0.15, 0.2) is 4.96 Å². The number of aromatic nitrogens is 2. The molecule has 0 aliphatic heterocycles. The molecule has 0 atom stereocenters. The van der Waals surface area contributed by atoms with Crippen LogP contribution in [-0.2, 0) is 6.54 Å². The Bertz CT molecular complexity index is 608. The van der Waals surface area contributed by atoms with Crippen LogP contribution in [0.4, 0.5) is 0 Å². The van der Waals surface area contributed by atoms with Crippen molar-refractivity contribution in [3.05, 3.63) is 22.5 Å². The highest BCUT2D eigenvalue weighted by Crippen LogP contribution is 2.38. The Labute approximate surface area is 135 Å². The number of imidazole rings is 1.